The van der Waals surface area contributed by atoms with Crippen molar-refractivity contribution >= 4 is 28.1 Å². The fourth-order valence-corrected chi connectivity index (χ4v) is 4.48. The molecule has 0 atom stereocenters. The summed E-state index contributed by atoms with van der Waals surface area (Å²) in [7, 11) is 0. The summed E-state index contributed by atoms with van der Waals surface area (Å²) in [6.45, 7) is 0. The van der Waals surface area contributed by atoms with E-state index in [-0.39, 0.29) is 5.57 Å². The molecule has 0 saturated heterocycles. The molecule has 0 radical (unpaired) electrons. The largest absolute Gasteiger partial charge is 0.346 e. The molecule has 1 aliphatic carbocycles. The van der Waals surface area contributed by atoms with Crippen LogP contribution >= 0.6 is 0 Å². The highest BCUT2D eigenvalue weighted by Crippen LogP contribution is 2.37. The number of imidazole rings is 1. The van der Waals surface area contributed by atoms with Gasteiger partial charge in [0.25, 0.3) is 0 Å². The Hall–Kier alpha value is -3.90. The summed E-state index contributed by atoms with van der Waals surface area (Å²) in [5.41, 5.74) is 4.87. The number of allylic oxidation sites excluding steroid dienone is 1. The minimum atomic E-state index is 0.0955. The van der Waals surface area contributed by atoms with Gasteiger partial charge in [-0.1, -0.05) is 43.5 Å². The van der Waals surface area contributed by atoms with Gasteiger partial charge in [0, 0.05) is 23.2 Å². The zero-order valence-corrected chi connectivity index (χ0v) is 16.5. The Morgan fingerprint density at radius 2 is 1.83 bits per heavy atom. The normalized spacial score (nSPS) is 14.5. The number of benzene rings is 1. The van der Waals surface area contributed by atoms with Crippen molar-refractivity contribution in [2.24, 2.45) is 0 Å². The number of rotatable bonds is 3. The first-order chi connectivity index (χ1) is 14.8. The number of fused-ring (bicyclic) bond motifs is 3. The predicted molar refractivity (Wildman–Crippen MR) is 116 cm³/mol. The van der Waals surface area contributed by atoms with E-state index in [1.54, 1.807) is 6.08 Å². The van der Waals surface area contributed by atoms with Crippen molar-refractivity contribution in [2.45, 2.75) is 38.1 Å². The van der Waals surface area contributed by atoms with E-state index in [2.05, 4.69) is 20.6 Å². The number of H-pyrrole nitrogens is 1. The third kappa shape index (κ3) is 3.03. The first-order valence-electron chi connectivity index (χ1n) is 10.2. The number of aromatic nitrogens is 4. The fourth-order valence-electron chi connectivity index (χ4n) is 4.48. The van der Waals surface area contributed by atoms with Gasteiger partial charge in [0.2, 0.25) is 0 Å². The third-order valence-electron chi connectivity index (χ3n) is 5.89. The molecule has 1 aliphatic rings. The van der Waals surface area contributed by atoms with Crippen molar-refractivity contribution in [3.8, 4) is 23.5 Å². The second kappa shape index (κ2) is 7.50. The molecule has 0 aliphatic heterocycles. The molecular weight excluding hydrogens is 372 g/mol. The summed E-state index contributed by atoms with van der Waals surface area (Å²) < 4.78 is 2.41. The Labute approximate surface area is 174 Å². The zero-order valence-electron chi connectivity index (χ0n) is 16.5. The highest BCUT2D eigenvalue weighted by atomic mass is 15.1. The Bertz CT molecular complexity index is 1320. The quantitative estimate of drug-likeness (QED) is 0.465. The summed E-state index contributed by atoms with van der Waals surface area (Å²) in [6, 6.07) is 14.2. The van der Waals surface area contributed by atoms with Crippen LogP contribution in [0, 0.1) is 22.7 Å². The molecule has 4 aromatic rings. The summed E-state index contributed by atoms with van der Waals surface area (Å²) in [5, 5.41) is 19.1. The van der Waals surface area contributed by atoms with Gasteiger partial charge in [-0.25, -0.2) is 9.97 Å². The molecular formula is C24H20N6. The van der Waals surface area contributed by atoms with Gasteiger partial charge in [-0.15, -0.1) is 0 Å². The van der Waals surface area contributed by atoms with Crippen molar-refractivity contribution in [2.75, 3.05) is 0 Å². The lowest BCUT2D eigenvalue weighted by molar-refractivity contribution is 0.362. The second-order valence-corrected chi connectivity index (χ2v) is 7.73. The monoisotopic (exact) mass is 392 g/mol. The van der Waals surface area contributed by atoms with Crippen LogP contribution in [0.25, 0.3) is 39.5 Å². The van der Waals surface area contributed by atoms with E-state index in [0.717, 1.165) is 51.9 Å². The van der Waals surface area contributed by atoms with Crippen molar-refractivity contribution < 1.29 is 0 Å². The standard InChI is InChI=1S/C24H20N6/c25-13-17(14-26)12-16-6-8-18(9-7-16)24-29-21-15-28-23-20(10-11-27-23)22(21)30(24)19-4-2-1-3-5-19/h6-12,15,19H,1-5H2,(H,27,28). The number of hydrogen-bond donors (Lipinski definition) is 1. The molecule has 3 heterocycles. The molecule has 0 spiro atoms. The molecule has 146 valence electrons. The van der Waals surface area contributed by atoms with Gasteiger partial charge in [-0.3, -0.25) is 0 Å². The number of nitrogens with zero attached hydrogens (tertiary/aromatic N) is 5. The van der Waals surface area contributed by atoms with E-state index in [4.69, 9.17) is 15.5 Å². The first kappa shape index (κ1) is 18.1. The molecule has 1 aromatic carbocycles. The van der Waals surface area contributed by atoms with Crippen LogP contribution in [-0.4, -0.2) is 19.5 Å². The molecule has 0 amide bonds. The van der Waals surface area contributed by atoms with Crippen LogP contribution < -0.4 is 0 Å². The molecule has 0 bridgehead atoms. The maximum Gasteiger partial charge on any atom is 0.141 e. The van der Waals surface area contributed by atoms with Gasteiger partial charge in [0.05, 0.1) is 11.7 Å². The van der Waals surface area contributed by atoms with Crippen LogP contribution in [0.5, 0.6) is 0 Å². The minimum absolute atomic E-state index is 0.0955. The van der Waals surface area contributed by atoms with Gasteiger partial charge >= 0.3 is 0 Å². The topological polar surface area (TPSA) is 94.1 Å². The third-order valence-corrected chi connectivity index (χ3v) is 5.89. The van der Waals surface area contributed by atoms with E-state index in [1.807, 2.05) is 48.8 Å². The molecule has 6 nitrogen and oxygen atoms in total. The van der Waals surface area contributed by atoms with E-state index < -0.39 is 0 Å². The number of pyridine rings is 1. The molecule has 3 aromatic heterocycles. The van der Waals surface area contributed by atoms with Gasteiger partial charge in [0.1, 0.15) is 34.7 Å². The Morgan fingerprint density at radius 3 is 2.57 bits per heavy atom. The van der Waals surface area contributed by atoms with Crippen LogP contribution in [0.3, 0.4) is 0 Å². The van der Waals surface area contributed by atoms with Crippen molar-refractivity contribution in [1.82, 2.24) is 19.5 Å². The Morgan fingerprint density at radius 1 is 1.07 bits per heavy atom. The Balaban J connectivity index is 1.68. The molecule has 1 fully saturated rings. The molecule has 30 heavy (non-hydrogen) atoms. The zero-order chi connectivity index (χ0) is 20.5. The van der Waals surface area contributed by atoms with Crippen LogP contribution in [-0.2, 0) is 0 Å². The summed E-state index contributed by atoms with van der Waals surface area (Å²) in [5.74, 6) is 0.948. The molecule has 6 heteroatoms. The molecule has 0 unspecified atom stereocenters. The number of nitrogens with one attached hydrogen (secondary N) is 1. The predicted octanol–water partition coefficient (Wildman–Crippen LogP) is 5.52. The first-order valence-corrected chi connectivity index (χ1v) is 10.2. The Kier molecular flexibility index (Phi) is 4.53. The molecule has 5 rings (SSSR count). The molecule has 1 N–H and O–H groups in total. The summed E-state index contributed by atoms with van der Waals surface area (Å²) >= 11 is 0. The van der Waals surface area contributed by atoms with Gasteiger partial charge < -0.3 is 9.55 Å². The van der Waals surface area contributed by atoms with Gasteiger partial charge in [0.15, 0.2) is 0 Å². The number of hydrogen-bond acceptors (Lipinski definition) is 4. The van der Waals surface area contributed by atoms with Crippen LogP contribution in [0.4, 0.5) is 0 Å². The van der Waals surface area contributed by atoms with Crippen LogP contribution in [0.15, 0.2) is 48.3 Å². The van der Waals surface area contributed by atoms with E-state index >= 15 is 0 Å². The van der Waals surface area contributed by atoms with E-state index in [9.17, 15) is 0 Å². The lowest BCUT2D eigenvalue weighted by atomic mass is 9.94. The second-order valence-electron chi connectivity index (χ2n) is 7.73. The summed E-state index contributed by atoms with van der Waals surface area (Å²) in [4.78, 5) is 12.7. The smallest absolute Gasteiger partial charge is 0.141 e. The maximum absolute atomic E-state index is 8.99. The van der Waals surface area contributed by atoms with Crippen molar-refractivity contribution in [3.05, 3.63) is 53.9 Å². The summed E-state index contributed by atoms with van der Waals surface area (Å²) in [6.07, 6.45) is 11.4. The van der Waals surface area contributed by atoms with Gasteiger partial charge in [-0.2, -0.15) is 10.5 Å². The number of nitriles is 2. The average Bonchev–Trinajstić information content (AvgIpc) is 3.42. The number of aromatic amines is 1. The highest BCUT2D eigenvalue weighted by molar-refractivity contribution is 6.02. The molecule has 1 saturated carbocycles. The lowest BCUT2D eigenvalue weighted by Crippen LogP contribution is -2.14. The van der Waals surface area contributed by atoms with Crippen LogP contribution in [0.2, 0.25) is 0 Å². The highest BCUT2D eigenvalue weighted by Gasteiger charge is 2.24. The average molecular weight is 392 g/mol. The van der Waals surface area contributed by atoms with E-state index in [1.165, 1.54) is 19.3 Å². The van der Waals surface area contributed by atoms with Crippen LogP contribution in [0.1, 0.15) is 43.7 Å². The van der Waals surface area contributed by atoms with Crippen molar-refractivity contribution in [3.63, 3.8) is 0 Å². The lowest BCUT2D eigenvalue weighted by Gasteiger charge is -2.26. The fraction of sp³-hybridized carbons (Fsp3) is 0.250. The van der Waals surface area contributed by atoms with Gasteiger partial charge in [-0.05, 0) is 30.5 Å². The van der Waals surface area contributed by atoms with Crippen molar-refractivity contribution in [1.29, 1.82) is 10.5 Å². The SMILES string of the molecule is N#CC(C#N)=Cc1ccc(-c2nc3cnc4[nH]ccc4c3n2C2CCCCC2)cc1. The van der Waals surface area contributed by atoms with E-state index in [0.29, 0.717) is 6.04 Å². The minimum Gasteiger partial charge on any atom is -0.346 e. The maximum atomic E-state index is 8.99.